The number of anilines is 1. The highest BCUT2D eigenvalue weighted by Gasteiger charge is 2.13. The Morgan fingerprint density at radius 1 is 1.22 bits per heavy atom. The molecule has 0 aliphatic heterocycles. The van der Waals surface area contributed by atoms with Gasteiger partial charge in [0.15, 0.2) is 10.7 Å². The second-order valence-corrected chi connectivity index (χ2v) is 8.65. The number of nitrogens with zero attached hydrogens (tertiary/aromatic N) is 4. The molecule has 2 heterocycles. The number of carbonyl (C=O) groups excluding carboxylic acids is 1. The van der Waals surface area contributed by atoms with E-state index in [1.54, 1.807) is 29.0 Å². The van der Waals surface area contributed by atoms with Gasteiger partial charge in [-0.2, -0.15) is 0 Å². The lowest BCUT2D eigenvalue weighted by Crippen LogP contribution is -2.23. The number of thioether (sulfide) groups is 1. The monoisotopic (exact) mass is 451 g/mol. The first-order chi connectivity index (χ1) is 15.4. The molecule has 0 saturated carbocycles. The van der Waals surface area contributed by atoms with E-state index in [4.69, 9.17) is 4.42 Å². The first-order valence-corrected chi connectivity index (χ1v) is 11.2. The summed E-state index contributed by atoms with van der Waals surface area (Å²) in [7, 11) is 3.89. The fraction of sp³-hybridized carbons (Fsp3) is 0.261. The normalized spacial score (nSPS) is 11.4. The van der Waals surface area contributed by atoms with E-state index in [-0.39, 0.29) is 11.7 Å². The Kier molecular flexibility index (Phi) is 6.48. The molecular weight excluding hydrogens is 426 g/mol. The number of hydrogen-bond donors (Lipinski definition) is 1. The van der Waals surface area contributed by atoms with E-state index in [2.05, 4.69) is 10.3 Å². The van der Waals surface area contributed by atoms with Crippen molar-refractivity contribution in [3.05, 3.63) is 71.0 Å². The van der Waals surface area contributed by atoms with E-state index in [1.165, 1.54) is 11.8 Å². The lowest BCUT2D eigenvalue weighted by molar-refractivity contribution is -0.113. The van der Waals surface area contributed by atoms with Crippen molar-refractivity contribution in [3.8, 4) is 5.69 Å². The van der Waals surface area contributed by atoms with Gasteiger partial charge in [-0.3, -0.25) is 13.9 Å². The van der Waals surface area contributed by atoms with Crippen molar-refractivity contribution in [2.24, 2.45) is 0 Å². The molecule has 0 spiro atoms. The van der Waals surface area contributed by atoms with E-state index in [9.17, 15) is 9.59 Å². The summed E-state index contributed by atoms with van der Waals surface area (Å²) in [5, 5.41) is 3.65. The molecule has 0 aliphatic rings. The van der Waals surface area contributed by atoms with E-state index in [1.807, 2.05) is 60.9 Å². The van der Waals surface area contributed by atoms with E-state index in [0.29, 0.717) is 29.9 Å². The maximum absolute atomic E-state index is 12.6. The lowest BCUT2D eigenvalue weighted by Gasteiger charge is -2.11. The molecule has 0 fully saturated rings. The Labute approximate surface area is 189 Å². The van der Waals surface area contributed by atoms with Gasteiger partial charge < -0.3 is 14.6 Å². The Bertz CT molecular complexity index is 1300. The first kappa shape index (κ1) is 21.9. The van der Waals surface area contributed by atoms with Gasteiger partial charge in [0, 0.05) is 31.2 Å². The number of amides is 1. The predicted molar refractivity (Wildman–Crippen MR) is 127 cm³/mol. The van der Waals surface area contributed by atoms with Gasteiger partial charge in [-0.1, -0.05) is 30.0 Å². The predicted octanol–water partition coefficient (Wildman–Crippen LogP) is 3.38. The number of carbonyl (C=O) groups is 1. The van der Waals surface area contributed by atoms with E-state index < -0.39 is 5.76 Å². The van der Waals surface area contributed by atoms with E-state index >= 15 is 0 Å². The average molecular weight is 452 g/mol. The smallest absolute Gasteiger partial charge is 0.408 e. The third kappa shape index (κ3) is 4.79. The van der Waals surface area contributed by atoms with Crippen molar-refractivity contribution >= 4 is 34.5 Å². The van der Waals surface area contributed by atoms with Crippen LogP contribution in [0.5, 0.6) is 0 Å². The number of fused-ring (bicyclic) bond motifs is 1. The van der Waals surface area contributed by atoms with Gasteiger partial charge in [-0.15, -0.1) is 0 Å². The molecule has 9 heteroatoms. The van der Waals surface area contributed by atoms with Crippen LogP contribution in [0, 0.1) is 6.92 Å². The minimum Gasteiger partial charge on any atom is -0.408 e. The zero-order valence-electron chi connectivity index (χ0n) is 18.2. The molecule has 0 saturated heterocycles. The third-order valence-electron chi connectivity index (χ3n) is 5.04. The minimum atomic E-state index is -0.399. The zero-order chi connectivity index (χ0) is 22.7. The van der Waals surface area contributed by atoms with Crippen LogP contribution in [0.2, 0.25) is 0 Å². The third-order valence-corrected chi connectivity index (χ3v) is 6.00. The SMILES string of the molecule is Cc1ccccc1-n1ccnc1SCC(=O)Nc1ccc2oc(=O)n(CCN(C)C)c2c1. The molecule has 1 amide bonds. The molecule has 0 radical (unpaired) electrons. The standard InChI is InChI=1S/C23H25N5O3S/c1-16-6-4-5-7-18(16)27-11-10-24-22(27)32-15-21(29)25-17-8-9-20-19(14-17)28(23(30)31-20)13-12-26(2)3/h4-11,14H,12-13,15H2,1-3H3,(H,25,29). The number of imidazole rings is 1. The molecule has 0 bridgehead atoms. The van der Waals surface area contributed by atoms with E-state index in [0.717, 1.165) is 16.4 Å². The van der Waals surface area contributed by atoms with Crippen molar-refractivity contribution in [2.45, 2.75) is 18.6 Å². The van der Waals surface area contributed by atoms with Gasteiger partial charge in [0.1, 0.15) is 0 Å². The molecule has 4 aromatic rings. The molecule has 32 heavy (non-hydrogen) atoms. The fourth-order valence-corrected chi connectivity index (χ4v) is 4.16. The molecule has 1 N–H and O–H groups in total. The zero-order valence-corrected chi connectivity index (χ0v) is 19.1. The maximum atomic E-state index is 12.6. The number of aromatic nitrogens is 3. The Balaban J connectivity index is 1.45. The van der Waals surface area contributed by atoms with Crippen molar-refractivity contribution in [1.29, 1.82) is 0 Å². The van der Waals surface area contributed by atoms with Gasteiger partial charge in [0.25, 0.3) is 0 Å². The molecule has 0 aliphatic carbocycles. The topological polar surface area (TPSA) is 85.3 Å². The Morgan fingerprint density at radius 3 is 2.81 bits per heavy atom. The summed E-state index contributed by atoms with van der Waals surface area (Å²) in [5.74, 6) is -0.344. The molecule has 8 nitrogen and oxygen atoms in total. The van der Waals surface area contributed by atoms with Crippen LogP contribution in [-0.4, -0.2) is 51.3 Å². The summed E-state index contributed by atoms with van der Waals surface area (Å²) in [6.45, 7) is 3.25. The van der Waals surface area contributed by atoms with Gasteiger partial charge in [-0.05, 0) is 50.8 Å². The quantitative estimate of drug-likeness (QED) is 0.414. The second-order valence-electron chi connectivity index (χ2n) is 7.71. The number of oxazole rings is 1. The second kappa shape index (κ2) is 9.46. The van der Waals surface area contributed by atoms with Gasteiger partial charge in [0.2, 0.25) is 5.91 Å². The number of benzene rings is 2. The molecular formula is C23H25N5O3S. The van der Waals surface area contributed by atoms with Crippen LogP contribution in [0.1, 0.15) is 5.56 Å². The summed E-state index contributed by atoms with van der Waals surface area (Å²) in [6.07, 6.45) is 3.62. The lowest BCUT2D eigenvalue weighted by atomic mass is 10.2. The van der Waals surface area contributed by atoms with Crippen LogP contribution >= 0.6 is 11.8 Å². The maximum Gasteiger partial charge on any atom is 0.419 e. The summed E-state index contributed by atoms with van der Waals surface area (Å²) in [6, 6.07) is 13.2. The first-order valence-electron chi connectivity index (χ1n) is 10.2. The van der Waals surface area contributed by atoms with Crippen molar-refractivity contribution in [1.82, 2.24) is 19.0 Å². The summed E-state index contributed by atoms with van der Waals surface area (Å²) in [4.78, 5) is 31.2. The van der Waals surface area contributed by atoms with Crippen molar-refractivity contribution < 1.29 is 9.21 Å². The van der Waals surface area contributed by atoms with Crippen LogP contribution in [-0.2, 0) is 11.3 Å². The Morgan fingerprint density at radius 2 is 2.03 bits per heavy atom. The van der Waals surface area contributed by atoms with Crippen molar-refractivity contribution in [3.63, 3.8) is 0 Å². The molecule has 2 aromatic heterocycles. The van der Waals surface area contributed by atoms with Crippen LogP contribution < -0.4 is 11.1 Å². The summed E-state index contributed by atoms with van der Waals surface area (Å²) in [5.41, 5.74) is 3.95. The largest absolute Gasteiger partial charge is 0.419 e. The minimum absolute atomic E-state index is 0.153. The molecule has 0 unspecified atom stereocenters. The van der Waals surface area contributed by atoms with Gasteiger partial charge >= 0.3 is 5.76 Å². The average Bonchev–Trinajstić information content (AvgIpc) is 3.34. The number of para-hydroxylation sites is 1. The highest BCUT2D eigenvalue weighted by molar-refractivity contribution is 7.99. The van der Waals surface area contributed by atoms with Crippen LogP contribution in [0.4, 0.5) is 5.69 Å². The van der Waals surface area contributed by atoms with Crippen molar-refractivity contribution in [2.75, 3.05) is 31.7 Å². The van der Waals surface area contributed by atoms with Gasteiger partial charge in [-0.25, -0.2) is 9.78 Å². The number of nitrogens with one attached hydrogen (secondary N) is 1. The number of rotatable bonds is 8. The molecule has 166 valence electrons. The molecule has 4 rings (SSSR count). The van der Waals surface area contributed by atoms with Crippen LogP contribution in [0.3, 0.4) is 0 Å². The number of aryl methyl sites for hydroxylation is 1. The number of hydrogen-bond acceptors (Lipinski definition) is 6. The summed E-state index contributed by atoms with van der Waals surface area (Å²) >= 11 is 1.37. The van der Waals surface area contributed by atoms with Gasteiger partial charge in [0.05, 0.1) is 17.0 Å². The summed E-state index contributed by atoms with van der Waals surface area (Å²) < 4.78 is 8.88. The van der Waals surface area contributed by atoms with Crippen LogP contribution in [0.25, 0.3) is 16.8 Å². The molecule has 0 atom stereocenters. The number of likely N-dealkylation sites (N-methyl/N-ethyl adjacent to an activating group) is 1. The van der Waals surface area contributed by atoms with Crippen LogP contribution in [0.15, 0.2) is 69.2 Å². The highest BCUT2D eigenvalue weighted by Crippen LogP contribution is 2.23. The molecule has 2 aromatic carbocycles. The Hall–Kier alpha value is -3.30. The fourth-order valence-electron chi connectivity index (χ4n) is 3.39. The highest BCUT2D eigenvalue weighted by atomic mass is 32.2.